The van der Waals surface area contributed by atoms with Crippen LogP contribution in [0.3, 0.4) is 0 Å². The molecule has 126 valence electrons. The second kappa shape index (κ2) is 7.30. The van der Waals surface area contributed by atoms with Crippen molar-refractivity contribution in [2.75, 3.05) is 10.5 Å². The molecular weight excluding hydrogens is 308 g/mol. The highest BCUT2D eigenvalue weighted by Crippen LogP contribution is 2.27. The third-order valence-corrected chi connectivity index (χ3v) is 4.32. The first kappa shape index (κ1) is 17.7. The summed E-state index contributed by atoms with van der Waals surface area (Å²) in [5.41, 5.74) is 2.97. The van der Waals surface area contributed by atoms with E-state index in [4.69, 9.17) is 4.74 Å². The fraction of sp³-hybridized carbons (Fsp3) is 0.500. The number of carbonyl (C=O) groups excluding carboxylic acids is 1. The van der Waals surface area contributed by atoms with Crippen LogP contribution in [0, 0.1) is 6.92 Å². The van der Waals surface area contributed by atoms with Gasteiger partial charge in [0.25, 0.3) is 0 Å². The molecule has 0 fully saturated rings. The van der Waals surface area contributed by atoms with Gasteiger partial charge in [-0.15, -0.1) is 0 Å². The Morgan fingerprint density at radius 2 is 2.09 bits per heavy atom. The van der Waals surface area contributed by atoms with Gasteiger partial charge >= 0.3 is 5.97 Å². The number of aryl methyl sites for hydroxylation is 1. The molecule has 2 rings (SSSR count). The number of hydrogen-bond acceptors (Lipinski definition) is 4. The normalized spacial score (nSPS) is 11.7. The average Bonchev–Trinajstić information content (AvgIpc) is 2.79. The molecule has 1 aromatic carbocycles. The lowest BCUT2D eigenvalue weighted by Crippen LogP contribution is -2.24. The second-order valence-electron chi connectivity index (χ2n) is 6.69. The number of rotatable bonds is 6. The van der Waals surface area contributed by atoms with Crippen molar-refractivity contribution < 1.29 is 9.53 Å². The number of esters is 1. The van der Waals surface area contributed by atoms with E-state index in [1.165, 1.54) is 12.8 Å². The van der Waals surface area contributed by atoms with Gasteiger partial charge in [-0.1, -0.05) is 25.3 Å². The Bertz CT molecular complexity index is 686. The number of ether oxygens (including phenoxy) is 1. The van der Waals surface area contributed by atoms with Crippen LogP contribution in [0.1, 0.15) is 56.6 Å². The van der Waals surface area contributed by atoms with Crippen molar-refractivity contribution in [2.45, 2.75) is 53.1 Å². The molecule has 2 aromatic rings. The number of unbranched alkanes of at least 4 members (excludes halogenated alkanes) is 1. The van der Waals surface area contributed by atoms with Gasteiger partial charge in [-0.3, -0.25) is 0 Å². The molecule has 0 atom stereocenters. The van der Waals surface area contributed by atoms with Crippen LogP contribution >= 0.6 is 11.9 Å². The van der Waals surface area contributed by atoms with Crippen molar-refractivity contribution in [1.29, 1.82) is 0 Å². The van der Waals surface area contributed by atoms with Crippen LogP contribution in [-0.4, -0.2) is 22.3 Å². The van der Waals surface area contributed by atoms with Crippen LogP contribution in [0.25, 0.3) is 10.9 Å². The Morgan fingerprint density at radius 1 is 1.35 bits per heavy atom. The number of nitrogens with one attached hydrogen (secondary N) is 2. The molecule has 0 radical (unpaired) electrons. The quantitative estimate of drug-likeness (QED) is 0.428. The third kappa shape index (κ3) is 4.67. The van der Waals surface area contributed by atoms with E-state index < -0.39 is 5.60 Å². The summed E-state index contributed by atoms with van der Waals surface area (Å²) in [7, 11) is 0. The molecule has 23 heavy (non-hydrogen) atoms. The maximum Gasteiger partial charge on any atom is 0.355 e. The number of anilines is 1. The lowest BCUT2D eigenvalue weighted by atomic mass is 10.1. The highest BCUT2D eigenvalue weighted by molar-refractivity contribution is 8.00. The molecule has 0 amide bonds. The molecule has 0 saturated carbocycles. The first-order valence-corrected chi connectivity index (χ1v) is 9.04. The van der Waals surface area contributed by atoms with Gasteiger partial charge in [-0.25, -0.2) is 4.79 Å². The molecule has 2 N–H and O–H groups in total. The summed E-state index contributed by atoms with van der Waals surface area (Å²) >= 11 is 1.71. The second-order valence-corrected chi connectivity index (χ2v) is 7.59. The number of fused-ring (bicyclic) bond motifs is 1. The van der Waals surface area contributed by atoms with E-state index in [-0.39, 0.29) is 5.97 Å². The van der Waals surface area contributed by atoms with Gasteiger partial charge in [0.15, 0.2) is 0 Å². The molecule has 1 aromatic heterocycles. The Kier molecular flexibility index (Phi) is 5.63. The lowest BCUT2D eigenvalue weighted by Gasteiger charge is -2.19. The van der Waals surface area contributed by atoms with Crippen LogP contribution in [0.15, 0.2) is 18.2 Å². The Hall–Kier alpha value is -1.62. The molecule has 1 heterocycles. The summed E-state index contributed by atoms with van der Waals surface area (Å²) in [5, 5.41) is 1.05. The summed E-state index contributed by atoms with van der Waals surface area (Å²) in [6.45, 7) is 9.76. The van der Waals surface area contributed by atoms with E-state index in [0.29, 0.717) is 5.69 Å². The summed E-state index contributed by atoms with van der Waals surface area (Å²) in [4.78, 5) is 15.5. The topological polar surface area (TPSA) is 54.1 Å². The van der Waals surface area contributed by atoms with Crippen molar-refractivity contribution in [3.8, 4) is 0 Å². The molecule has 4 nitrogen and oxygen atoms in total. The number of aromatic amines is 1. The molecule has 0 bridgehead atoms. The molecule has 5 heteroatoms. The Balaban J connectivity index is 2.20. The standard InChI is InChI=1S/C18H26N2O2S/c1-6-7-10-23-20-13-8-9-15-14(11-13)12(2)16(19-15)17(21)22-18(3,4)5/h8-9,11,19-20H,6-7,10H2,1-5H3. The summed E-state index contributed by atoms with van der Waals surface area (Å²) in [6, 6.07) is 6.10. The van der Waals surface area contributed by atoms with Crippen LogP contribution in [0.5, 0.6) is 0 Å². The van der Waals surface area contributed by atoms with Crippen molar-refractivity contribution >= 4 is 34.5 Å². The first-order valence-electron chi connectivity index (χ1n) is 8.05. The molecule has 0 unspecified atom stereocenters. The minimum Gasteiger partial charge on any atom is -0.455 e. The van der Waals surface area contributed by atoms with Crippen molar-refractivity contribution in [2.24, 2.45) is 0 Å². The van der Waals surface area contributed by atoms with Gasteiger partial charge in [-0.2, -0.15) is 0 Å². The van der Waals surface area contributed by atoms with Gasteiger partial charge in [0.05, 0.1) is 0 Å². The van der Waals surface area contributed by atoms with Gasteiger partial charge in [-0.05, 0) is 57.9 Å². The molecule has 0 saturated heterocycles. The number of hydrogen-bond donors (Lipinski definition) is 2. The van der Waals surface area contributed by atoms with E-state index >= 15 is 0 Å². The SMILES string of the molecule is CCCCSNc1ccc2[nH]c(C(=O)OC(C)(C)C)c(C)c2c1. The summed E-state index contributed by atoms with van der Waals surface area (Å²) in [5.74, 6) is 0.780. The largest absolute Gasteiger partial charge is 0.455 e. The molecule has 0 aliphatic rings. The first-order chi connectivity index (χ1) is 10.8. The summed E-state index contributed by atoms with van der Waals surface area (Å²) in [6.07, 6.45) is 2.40. The average molecular weight is 334 g/mol. The highest BCUT2D eigenvalue weighted by Gasteiger charge is 2.22. The number of aromatic nitrogens is 1. The predicted octanol–water partition coefficient (Wildman–Crippen LogP) is 5.29. The smallest absolute Gasteiger partial charge is 0.355 e. The van der Waals surface area contributed by atoms with E-state index in [2.05, 4.69) is 22.7 Å². The number of carbonyl (C=O) groups is 1. The Labute approximate surface area is 142 Å². The van der Waals surface area contributed by atoms with Crippen LogP contribution in [0.2, 0.25) is 0 Å². The minimum absolute atomic E-state index is 0.307. The van der Waals surface area contributed by atoms with Crippen molar-refractivity contribution in [1.82, 2.24) is 4.98 Å². The van der Waals surface area contributed by atoms with E-state index in [0.717, 1.165) is 27.9 Å². The van der Waals surface area contributed by atoms with Gasteiger partial charge in [0, 0.05) is 22.3 Å². The fourth-order valence-electron chi connectivity index (χ4n) is 2.27. The maximum absolute atomic E-state index is 12.3. The van der Waals surface area contributed by atoms with E-state index in [1.807, 2.05) is 39.8 Å². The van der Waals surface area contributed by atoms with Crippen molar-refractivity contribution in [3.63, 3.8) is 0 Å². The third-order valence-electron chi connectivity index (χ3n) is 3.45. The van der Waals surface area contributed by atoms with E-state index in [9.17, 15) is 4.79 Å². The lowest BCUT2D eigenvalue weighted by molar-refractivity contribution is 0.00631. The van der Waals surface area contributed by atoms with Gasteiger partial charge < -0.3 is 14.4 Å². The molecule has 0 spiro atoms. The number of H-pyrrole nitrogens is 1. The maximum atomic E-state index is 12.3. The zero-order chi connectivity index (χ0) is 17.0. The highest BCUT2D eigenvalue weighted by atomic mass is 32.2. The van der Waals surface area contributed by atoms with Crippen LogP contribution < -0.4 is 4.72 Å². The molecule has 0 aliphatic carbocycles. The zero-order valence-electron chi connectivity index (χ0n) is 14.6. The minimum atomic E-state index is -0.497. The molecule has 0 aliphatic heterocycles. The summed E-state index contributed by atoms with van der Waals surface area (Å²) < 4.78 is 8.83. The number of benzene rings is 1. The predicted molar refractivity (Wildman–Crippen MR) is 99.2 cm³/mol. The fourth-order valence-corrected chi connectivity index (χ4v) is 3.10. The van der Waals surface area contributed by atoms with Gasteiger partial charge in [0.2, 0.25) is 0 Å². The van der Waals surface area contributed by atoms with Gasteiger partial charge in [0.1, 0.15) is 11.3 Å². The zero-order valence-corrected chi connectivity index (χ0v) is 15.4. The van der Waals surface area contributed by atoms with Crippen LogP contribution in [-0.2, 0) is 4.74 Å². The van der Waals surface area contributed by atoms with Crippen LogP contribution in [0.4, 0.5) is 5.69 Å². The Morgan fingerprint density at radius 3 is 2.74 bits per heavy atom. The monoisotopic (exact) mass is 334 g/mol. The molecular formula is C18H26N2O2S. The van der Waals surface area contributed by atoms with Crippen molar-refractivity contribution in [3.05, 3.63) is 29.5 Å². The van der Waals surface area contributed by atoms with E-state index in [1.54, 1.807) is 11.9 Å².